The topological polar surface area (TPSA) is 72.9 Å². The van der Waals surface area contributed by atoms with Gasteiger partial charge in [-0.2, -0.15) is 0 Å². The van der Waals surface area contributed by atoms with E-state index in [9.17, 15) is 19.1 Å². The van der Waals surface area contributed by atoms with Gasteiger partial charge in [0.1, 0.15) is 17.4 Å². The van der Waals surface area contributed by atoms with E-state index in [4.69, 9.17) is 0 Å². The fourth-order valence-corrected chi connectivity index (χ4v) is 6.09. The highest BCUT2D eigenvalue weighted by Crippen LogP contribution is 2.36. The van der Waals surface area contributed by atoms with Crippen LogP contribution in [-0.4, -0.2) is 57.9 Å². The van der Waals surface area contributed by atoms with Crippen LogP contribution in [0.2, 0.25) is 0 Å². The molecule has 2 aliphatic heterocycles. The molecule has 6 nitrogen and oxygen atoms in total. The number of carbonyl (C=O) groups excluding carboxylic acids is 2. The van der Waals surface area contributed by atoms with Crippen molar-refractivity contribution in [2.75, 3.05) is 19.6 Å². The van der Waals surface area contributed by atoms with Gasteiger partial charge in [-0.25, -0.2) is 4.39 Å². The molecule has 1 spiro atoms. The van der Waals surface area contributed by atoms with E-state index < -0.39 is 5.54 Å². The fourth-order valence-electron chi connectivity index (χ4n) is 6.09. The van der Waals surface area contributed by atoms with Gasteiger partial charge in [0.15, 0.2) is 0 Å². The van der Waals surface area contributed by atoms with Crippen molar-refractivity contribution in [1.82, 2.24) is 15.1 Å². The minimum absolute atomic E-state index is 0.0157. The van der Waals surface area contributed by atoms with Crippen molar-refractivity contribution in [1.29, 1.82) is 0 Å². The van der Waals surface area contributed by atoms with Crippen molar-refractivity contribution in [3.63, 3.8) is 0 Å². The van der Waals surface area contributed by atoms with Crippen molar-refractivity contribution in [3.8, 4) is 0 Å². The Morgan fingerprint density at radius 1 is 1.15 bits per heavy atom. The standard InChI is InChI=1S/C27H40FN3O3/c1-2-3-13-31-25(33)24(17-20-7-5-4-6-8-20)29-26(34)27(31)11-14-30(15-12-27)18-21-9-10-22(19-32)23(28)16-21/h9-10,16,20,24,32H,2-8,11-15,17-19H2,1H3,(H,29,34)/t24-/m0/s1. The Morgan fingerprint density at radius 3 is 2.53 bits per heavy atom. The highest BCUT2D eigenvalue weighted by Gasteiger charge is 2.53. The first-order chi connectivity index (χ1) is 16.5. The van der Waals surface area contributed by atoms with Gasteiger partial charge in [-0.3, -0.25) is 14.5 Å². The van der Waals surface area contributed by atoms with E-state index in [0.717, 1.165) is 37.7 Å². The monoisotopic (exact) mass is 473 g/mol. The lowest BCUT2D eigenvalue weighted by Gasteiger charge is -2.52. The molecule has 0 unspecified atom stereocenters. The lowest BCUT2D eigenvalue weighted by atomic mass is 9.79. The van der Waals surface area contributed by atoms with Crippen molar-refractivity contribution in [3.05, 3.63) is 35.1 Å². The number of hydrogen-bond donors (Lipinski definition) is 2. The SMILES string of the molecule is CCCCN1C(=O)[C@H](CC2CCCCC2)NC(=O)C12CCN(Cc1ccc(CO)c(F)c1)CC2. The molecule has 2 amide bonds. The first-order valence-electron chi connectivity index (χ1n) is 13.2. The maximum atomic E-state index is 14.1. The lowest BCUT2D eigenvalue weighted by Crippen LogP contribution is -2.73. The smallest absolute Gasteiger partial charge is 0.246 e. The van der Waals surface area contributed by atoms with E-state index in [-0.39, 0.29) is 30.3 Å². The molecule has 0 radical (unpaired) electrons. The number of unbranched alkanes of at least 4 members (excludes halogenated alkanes) is 1. The van der Waals surface area contributed by atoms with E-state index in [1.165, 1.54) is 25.3 Å². The van der Waals surface area contributed by atoms with E-state index in [1.54, 1.807) is 6.07 Å². The molecule has 188 valence electrons. The van der Waals surface area contributed by atoms with Crippen LogP contribution in [0.25, 0.3) is 0 Å². The van der Waals surface area contributed by atoms with Crippen molar-refractivity contribution < 1.29 is 19.1 Å². The average molecular weight is 474 g/mol. The van der Waals surface area contributed by atoms with Crippen LogP contribution in [0.1, 0.15) is 82.3 Å². The number of rotatable bonds is 8. The van der Waals surface area contributed by atoms with Crippen LogP contribution >= 0.6 is 0 Å². The van der Waals surface area contributed by atoms with Gasteiger partial charge >= 0.3 is 0 Å². The normalized spacial score (nSPS) is 24.0. The zero-order chi connectivity index (χ0) is 24.1. The second-order valence-corrected chi connectivity index (χ2v) is 10.5. The van der Waals surface area contributed by atoms with Gasteiger partial charge in [-0.1, -0.05) is 57.6 Å². The molecule has 7 heteroatoms. The number of piperidine rings is 1. The van der Waals surface area contributed by atoms with Crippen LogP contribution in [0.15, 0.2) is 18.2 Å². The Bertz CT molecular complexity index is 863. The summed E-state index contributed by atoms with van der Waals surface area (Å²) in [5.74, 6) is 0.265. The molecule has 1 atom stereocenters. The first kappa shape index (κ1) is 25.1. The van der Waals surface area contributed by atoms with Gasteiger partial charge in [0, 0.05) is 31.7 Å². The largest absolute Gasteiger partial charge is 0.392 e. The number of piperazine rings is 1. The number of hydrogen-bond acceptors (Lipinski definition) is 4. The maximum absolute atomic E-state index is 14.1. The van der Waals surface area contributed by atoms with Crippen molar-refractivity contribution in [2.24, 2.45) is 5.92 Å². The fraction of sp³-hybridized carbons (Fsp3) is 0.704. The van der Waals surface area contributed by atoms with E-state index in [2.05, 4.69) is 17.1 Å². The minimum Gasteiger partial charge on any atom is -0.392 e. The van der Waals surface area contributed by atoms with Gasteiger partial charge in [0.05, 0.1) is 6.61 Å². The first-order valence-corrected chi connectivity index (χ1v) is 13.2. The van der Waals surface area contributed by atoms with Gasteiger partial charge < -0.3 is 15.3 Å². The minimum atomic E-state index is -0.766. The molecule has 1 saturated carbocycles. The van der Waals surface area contributed by atoms with Crippen LogP contribution in [0, 0.1) is 11.7 Å². The third-order valence-corrected chi connectivity index (χ3v) is 8.22. The van der Waals surface area contributed by atoms with Gasteiger partial charge in [0.2, 0.25) is 11.8 Å². The van der Waals surface area contributed by atoms with Crippen LogP contribution < -0.4 is 5.32 Å². The number of carbonyl (C=O) groups is 2. The van der Waals surface area contributed by atoms with Crippen LogP contribution in [-0.2, 0) is 22.7 Å². The molecular formula is C27H40FN3O3. The van der Waals surface area contributed by atoms with Gasteiger partial charge in [-0.15, -0.1) is 0 Å². The molecule has 2 heterocycles. The maximum Gasteiger partial charge on any atom is 0.246 e. The summed E-state index contributed by atoms with van der Waals surface area (Å²) in [6.45, 7) is 4.40. The lowest BCUT2D eigenvalue weighted by molar-refractivity contribution is -0.162. The molecule has 1 aromatic carbocycles. The Labute approximate surface area is 202 Å². The number of likely N-dealkylation sites (tertiary alicyclic amines) is 1. The molecule has 2 N–H and O–H groups in total. The summed E-state index contributed by atoms with van der Waals surface area (Å²) in [5, 5.41) is 12.3. The van der Waals surface area contributed by atoms with Crippen LogP contribution in [0.4, 0.5) is 4.39 Å². The molecule has 3 fully saturated rings. The predicted octanol–water partition coefficient (Wildman–Crippen LogP) is 3.75. The average Bonchev–Trinajstić information content (AvgIpc) is 2.84. The highest BCUT2D eigenvalue weighted by atomic mass is 19.1. The third kappa shape index (κ3) is 5.30. The van der Waals surface area contributed by atoms with Crippen LogP contribution in [0.3, 0.4) is 0 Å². The molecule has 1 aromatic rings. The van der Waals surface area contributed by atoms with Crippen molar-refractivity contribution in [2.45, 2.75) is 95.9 Å². The Balaban J connectivity index is 1.43. The number of aliphatic hydroxyl groups excluding tert-OH is 1. The van der Waals surface area contributed by atoms with Gasteiger partial charge in [-0.05, 0) is 43.2 Å². The summed E-state index contributed by atoms with van der Waals surface area (Å²) in [6.07, 6.45) is 9.91. The Morgan fingerprint density at radius 2 is 1.88 bits per heavy atom. The number of amides is 2. The molecule has 1 aliphatic carbocycles. The highest BCUT2D eigenvalue weighted by molar-refractivity contribution is 6.00. The van der Waals surface area contributed by atoms with E-state index in [0.29, 0.717) is 50.5 Å². The number of nitrogens with zero attached hydrogens (tertiary/aromatic N) is 2. The summed E-state index contributed by atoms with van der Waals surface area (Å²) in [4.78, 5) is 31.3. The second kappa shape index (κ2) is 11.2. The summed E-state index contributed by atoms with van der Waals surface area (Å²) >= 11 is 0. The third-order valence-electron chi connectivity index (χ3n) is 8.22. The summed E-state index contributed by atoms with van der Waals surface area (Å²) in [6, 6.07) is 4.57. The zero-order valence-electron chi connectivity index (χ0n) is 20.5. The number of aliphatic hydroxyl groups is 1. The number of halogens is 1. The van der Waals surface area contributed by atoms with Crippen LogP contribution in [0.5, 0.6) is 0 Å². The molecular weight excluding hydrogens is 433 g/mol. The zero-order valence-corrected chi connectivity index (χ0v) is 20.5. The van der Waals surface area contributed by atoms with Crippen molar-refractivity contribution >= 4 is 11.8 Å². The predicted molar refractivity (Wildman–Crippen MR) is 129 cm³/mol. The number of nitrogens with one attached hydrogen (secondary N) is 1. The summed E-state index contributed by atoms with van der Waals surface area (Å²) < 4.78 is 14.1. The molecule has 0 bridgehead atoms. The summed E-state index contributed by atoms with van der Waals surface area (Å²) in [7, 11) is 0. The molecule has 3 aliphatic rings. The summed E-state index contributed by atoms with van der Waals surface area (Å²) in [5.41, 5.74) is 0.385. The molecule has 4 rings (SSSR count). The molecule has 2 saturated heterocycles. The quantitative estimate of drug-likeness (QED) is 0.603. The molecule has 34 heavy (non-hydrogen) atoms. The van der Waals surface area contributed by atoms with Gasteiger partial charge in [0.25, 0.3) is 0 Å². The van der Waals surface area contributed by atoms with E-state index in [1.807, 2.05) is 11.0 Å². The second-order valence-electron chi connectivity index (χ2n) is 10.5. The molecule has 0 aromatic heterocycles. The Hall–Kier alpha value is -1.99. The Kier molecular flexibility index (Phi) is 8.25. The number of benzene rings is 1. The van der Waals surface area contributed by atoms with E-state index >= 15 is 0 Å².